The maximum atomic E-state index is 13.2. The van der Waals surface area contributed by atoms with Crippen LogP contribution in [0.5, 0.6) is 0 Å². The third kappa shape index (κ3) is 3.18. The molecule has 0 fully saturated rings. The summed E-state index contributed by atoms with van der Waals surface area (Å²) >= 11 is 0. The Morgan fingerprint density at radius 1 is 0.966 bits per heavy atom. The van der Waals surface area contributed by atoms with Gasteiger partial charge in [-0.25, -0.2) is 19.3 Å². The molecule has 0 saturated heterocycles. The van der Waals surface area contributed by atoms with Crippen LogP contribution in [0.4, 0.5) is 10.2 Å². The minimum absolute atomic E-state index is 0.0327. The van der Waals surface area contributed by atoms with Gasteiger partial charge in [0, 0.05) is 34.8 Å². The predicted octanol–water partition coefficient (Wildman–Crippen LogP) is 5.49. The van der Waals surface area contributed by atoms with Gasteiger partial charge >= 0.3 is 0 Å². The fourth-order valence-electron chi connectivity index (χ4n) is 3.57. The zero-order chi connectivity index (χ0) is 19.8. The highest BCUT2D eigenvalue weighted by Gasteiger charge is 2.12. The van der Waals surface area contributed by atoms with Gasteiger partial charge in [0.05, 0.1) is 5.52 Å². The number of nitrogens with one attached hydrogen (secondary N) is 2. The molecule has 0 radical (unpaired) electrons. The number of fused-ring (bicyclic) bond motifs is 2. The molecule has 2 N–H and O–H groups in total. The predicted molar refractivity (Wildman–Crippen MR) is 113 cm³/mol. The molecule has 0 bridgehead atoms. The van der Waals surface area contributed by atoms with E-state index >= 15 is 0 Å². The first-order chi connectivity index (χ1) is 14.2. The molecule has 5 rings (SSSR count). The first-order valence-electron chi connectivity index (χ1n) is 9.38. The molecule has 2 aromatic carbocycles. The van der Waals surface area contributed by atoms with E-state index in [1.54, 1.807) is 24.7 Å². The van der Waals surface area contributed by atoms with E-state index in [1.165, 1.54) is 12.1 Å². The summed E-state index contributed by atoms with van der Waals surface area (Å²) in [4.78, 5) is 16.4. The van der Waals surface area contributed by atoms with Crippen LogP contribution in [0.15, 0.2) is 73.3 Å². The average Bonchev–Trinajstić information content (AvgIpc) is 3.18. The summed E-state index contributed by atoms with van der Waals surface area (Å²) in [5.41, 5.74) is 4.84. The number of halogens is 1. The summed E-state index contributed by atoms with van der Waals surface area (Å²) < 4.78 is 13.2. The van der Waals surface area contributed by atoms with Gasteiger partial charge in [-0.2, -0.15) is 0 Å². The number of hydrogen-bond acceptors (Lipinski definition) is 4. The lowest BCUT2D eigenvalue weighted by molar-refractivity contribution is 0.626. The van der Waals surface area contributed by atoms with Gasteiger partial charge in [0.25, 0.3) is 0 Å². The smallest absolute Gasteiger partial charge is 0.137 e. The van der Waals surface area contributed by atoms with Gasteiger partial charge in [0.1, 0.15) is 23.6 Å². The summed E-state index contributed by atoms with van der Waals surface area (Å²) in [6.45, 7) is 2.02. The minimum Gasteiger partial charge on any atom is -0.363 e. The highest BCUT2D eigenvalue weighted by molar-refractivity contribution is 5.98. The normalized spacial score (nSPS) is 12.3. The van der Waals surface area contributed by atoms with Crippen LogP contribution in [0.25, 0.3) is 33.1 Å². The van der Waals surface area contributed by atoms with Gasteiger partial charge < -0.3 is 10.3 Å². The van der Waals surface area contributed by atoms with E-state index < -0.39 is 0 Å². The molecular weight excluding hydrogens is 365 g/mol. The van der Waals surface area contributed by atoms with Crippen molar-refractivity contribution < 1.29 is 4.39 Å². The fourth-order valence-corrected chi connectivity index (χ4v) is 3.57. The highest BCUT2D eigenvalue weighted by atomic mass is 19.1. The van der Waals surface area contributed by atoms with Crippen LogP contribution in [-0.2, 0) is 0 Å². The fraction of sp³-hybridized carbons (Fsp3) is 0.0870. The molecule has 0 aliphatic rings. The van der Waals surface area contributed by atoms with E-state index in [9.17, 15) is 4.39 Å². The molecule has 0 saturated carbocycles. The maximum Gasteiger partial charge on any atom is 0.137 e. The van der Waals surface area contributed by atoms with E-state index in [0.29, 0.717) is 0 Å². The third-order valence-corrected chi connectivity index (χ3v) is 5.12. The van der Waals surface area contributed by atoms with Gasteiger partial charge in [-0.1, -0.05) is 18.2 Å². The number of aromatic nitrogens is 4. The molecule has 0 spiro atoms. The van der Waals surface area contributed by atoms with E-state index in [0.717, 1.165) is 44.4 Å². The quantitative estimate of drug-likeness (QED) is 0.431. The number of aromatic amines is 1. The van der Waals surface area contributed by atoms with Gasteiger partial charge in [-0.05, 0) is 54.4 Å². The lowest BCUT2D eigenvalue weighted by Crippen LogP contribution is -2.08. The molecule has 1 atom stereocenters. The van der Waals surface area contributed by atoms with Crippen LogP contribution in [0.3, 0.4) is 0 Å². The monoisotopic (exact) mass is 383 g/mol. The summed E-state index contributed by atoms with van der Waals surface area (Å²) in [5.74, 6) is 0.498. The molecule has 0 unspecified atom stereocenters. The number of pyridine rings is 1. The second-order valence-electron chi connectivity index (χ2n) is 6.97. The third-order valence-electron chi connectivity index (χ3n) is 5.12. The zero-order valence-corrected chi connectivity index (χ0v) is 15.7. The Morgan fingerprint density at radius 3 is 2.69 bits per heavy atom. The number of rotatable bonds is 4. The molecular formula is C23H18FN5. The molecule has 0 aliphatic heterocycles. The summed E-state index contributed by atoms with van der Waals surface area (Å²) in [7, 11) is 0. The number of benzene rings is 2. The van der Waals surface area contributed by atoms with Crippen molar-refractivity contribution in [2.75, 3.05) is 5.32 Å². The topological polar surface area (TPSA) is 66.5 Å². The summed E-state index contributed by atoms with van der Waals surface area (Å²) in [6.07, 6.45) is 5.30. The Labute approximate surface area is 166 Å². The van der Waals surface area contributed by atoms with Gasteiger partial charge in [-0.3, -0.25) is 0 Å². The van der Waals surface area contributed by atoms with Crippen molar-refractivity contribution in [3.05, 3.63) is 84.7 Å². The van der Waals surface area contributed by atoms with Gasteiger partial charge in [0.2, 0.25) is 0 Å². The Hall–Kier alpha value is -3.80. The van der Waals surface area contributed by atoms with E-state index in [4.69, 9.17) is 0 Å². The van der Waals surface area contributed by atoms with Crippen molar-refractivity contribution in [2.45, 2.75) is 13.0 Å². The molecule has 0 aliphatic carbocycles. The van der Waals surface area contributed by atoms with Crippen molar-refractivity contribution in [3.8, 4) is 11.1 Å². The number of anilines is 1. The van der Waals surface area contributed by atoms with Crippen molar-refractivity contribution >= 4 is 27.8 Å². The number of hydrogen-bond donors (Lipinski definition) is 2. The summed E-state index contributed by atoms with van der Waals surface area (Å²) in [6, 6.07) is 16.6. The largest absolute Gasteiger partial charge is 0.363 e. The van der Waals surface area contributed by atoms with Crippen molar-refractivity contribution in [1.82, 2.24) is 19.9 Å². The van der Waals surface area contributed by atoms with Crippen LogP contribution < -0.4 is 5.32 Å². The number of H-pyrrole nitrogens is 1. The van der Waals surface area contributed by atoms with Crippen molar-refractivity contribution in [1.29, 1.82) is 0 Å². The number of nitrogens with zero attached hydrogens (tertiary/aromatic N) is 3. The molecule has 0 amide bonds. The van der Waals surface area contributed by atoms with E-state index in [1.807, 2.05) is 25.3 Å². The SMILES string of the molecule is C[C@@H](Nc1ncnc2ccc(-c3c[nH]c4ncccc34)cc12)c1ccc(F)cc1. The van der Waals surface area contributed by atoms with E-state index in [2.05, 4.69) is 43.5 Å². The molecule has 5 aromatic rings. The Kier molecular flexibility index (Phi) is 4.17. The Morgan fingerprint density at radius 2 is 1.83 bits per heavy atom. The second kappa shape index (κ2) is 6.98. The van der Waals surface area contributed by atoms with Gasteiger partial charge in [0.15, 0.2) is 0 Å². The van der Waals surface area contributed by atoms with Crippen LogP contribution in [-0.4, -0.2) is 19.9 Å². The molecule has 29 heavy (non-hydrogen) atoms. The van der Waals surface area contributed by atoms with Crippen LogP contribution in [0.2, 0.25) is 0 Å². The lowest BCUT2D eigenvalue weighted by Gasteiger charge is -2.16. The first kappa shape index (κ1) is 17.3. The molecule has 3 heterocycles. The van der Waals surface area contributed by atoms with Crippen molar-refractivity contribution in [2.24, 2.45) is 0 Å². The maximum absolute atomic E-state index is 13.2. The molecule has 6 heteroatoms. The Balaban J connectivity index is 1.56. The van der Waals surface area contributed by atoms with Crippen molar-refractivity contribution in [3.63, 3.8) is 0 Å². The average molecular weight is 383 g/mol. The van der Waals surface area contributed by atoms with Crippen LogP contribution >= 0.6 is 0 Å². The molecule has 3 aromatic heterocycles. The van der Waals surface area contributed by atoms with Crippen LogP contribution in [0.1, 0.15) is 18.5 Å². The van der Waals surface area contributed by atoms with Gasteiger partial charge in [-0.15, -0.1) is 0 Å². The first-order valence-corrected chi connectivity index (χ1v) is 9.38. The lowest BCUT2D eigenvalue weighted by atomic mass is 10.0. The standard InChI is InChI=1S/C23H18FN5/c1-14(15-4-7-17(24)8-5-15)29-23-19-11-16(6-9-21(19)27-13-28-23)20-12-26-22-18(20)3-2-10-25-22/h2-14H,1H3,(H,25,26)(H,27,28,29)/t14-/m1/s1. The molecule has 142 valence electrons. The molecule has 5 nitrogen and oxygen atoms in total. The van der Waals surface area contributed by atoms with E-state index in [-0.39, 0.29) is 11.9 Å². The Bertz CT molecular complexity index is 1310. The van der Waals surface area contributed by atoms with Crippen LogP contribution in [0, 0.1) is 5.82 Å². The minimum atomic E-state index is -0.244. The zero-order valence-electron chi connectivity index (χ0n) is 15.7. The second-order valence-corrected chi connectivity index (χ2v) is 6.97. The summed E-state index contributed by atoms with van der Waals surface area (Å²) in [5, 5.41) is 5.43. The highest BCUT2D eigenvalue weighted by Crippen LogP contribution is 2.32.